The number of nitrogens with one attached hydrogen (secondary N) is 2. The molecule has 0 spiro atoms. The molecule has 0 aliphatic carbocycles. The second-order valence-electron chi connectivity index (χ2n) is 8.43. The summed E-state index contributed by atoms with van der Waals surface area (Å²) >= 11 is 7.54. The van der Waals surface area contributed by atoms with Crippen molar-refractivity contribution < 1.29 is 9.59 Å². The van der Waals surface area contributed by atoms with Crippen molar-refractivity contribution in [1.29, 1.82) is 0 Å². The Balaban J connectivity index is 2.11. The van der Waals surface area contributed by atoms with Gasteiger partial charge in [-0.1, -0.05) is 50.6 Å². The van der Waals surface area contributed by atoms with Crippen LogP contribution in [0.15, 0.2) is 30.3 Å². The number of halogens is 1. The van der Waals surface area contributed by atoms with Gasteiger partial charge < -0.3 is 10.6 Å². The molecule has 1 heterocycles. The van der Waals surface area contributed by atoms with Gasteiger partial charge >= 0.3 is 0 Å². The second kappa shape index (κ2) is 8.03. The van der Waals surface area contributed by atoms with Crippen LogP contribution in [0, 0.1) is 12.3 Å². The highest BCUT2D eigenvalue weighted by Gasteiger charge is 2.26. The number of carbonyl (C=O) groups is 2. The summed E-state index contributed by atoms with van der Waals surface area (Å²) in [6.45, 7) is 11.4. The zero-order chi connectivity index (χ0) is 20.4. The lowest BCUT2D eigenvalue weighted by atomic mass is 9.94. The number of hydrogen-bond donors (Lipinski definition) is 2. The molecule has 0 aliphatic heterocycles. The molecule has 0 aliphatic rings. The van der Waals surface area contributed by atoms with Crippen molar-refractivity contribution in [2.24, 2.45) is 5.41 Å². The Kier molecular flexibility index (Phi) is 6.38. The summed E-state index contributed by atoms with van der Waals surface area (Å²) in [4.78, 5) is 25.6. The minimum Gasteiger partial charge on any atom is -0.346 e. The van der Waals surface area contributed by atoms with Gasteiger partial charge in [-0.25, -0.2) is 0 Å². The van der Waals surface area contributed by atoms with E-state index in [1.807, 2.05) is 71.9 Å². The first-order valence-electron chi connectivity index (χ1n) is 8.87. The zero-order valence-corrected chi connectivity index (χ0v) is 18.3. The summed E-state index contributed by atoms with van der Waals surface area (Å²) < 4.78 is 0. The van der Waals surface area contributed by atoms with Gasteiger partial charge in [0.15, 0.2) is 0 Å². The third-order valence-corrected chi connectivity index (χ3v) is 5.60. The first-order valence-corrected chi connectivity index (χ1v) is 10.1. The van der Waals surface area contributed by atoms with Crippen molar-refractivity contribution in [2.75, 3.05) is 5.32 Å². The molecule has 0 unspecified atom stereocenters. The Morgan fingerprint density at radius 1 is 1.11 bits per heavy atom. The summed E-state index contributed by atoms with van der Waals surface area (Å²) in [6.07, 6.45) is 0.621. The molecule has 0 atom stereocenters. The Bertz CT molecular complexity index is 850. The highest BCUT2D eigenvalue weighted by Crippen LogP contribution is 2.29. The van der Waals surface area contributed by atoms with Gasteiger partial charge in [0.05, 0.1) is 9.88 Å². The molecule has 4 nitrogen and oxygen atoms in total. The maximum Gasteiger partial charge on any atom is 0.262 e. The topological polar surface area (TPSA) is 58.2 Å². The molecule has 0 bridgehead atoms. The van der Waals surface area contributed by atoms with Gasteiger partial charge in [0.2, 0.25) is 5.91 Å². The smallest absolute Gasteiger partial charge is 0.262 e. The van der Waals surface area contributed by atoms with Crippen molar-refractivity contribution >= 4 is 39.8 Å². The molecule has 0 saturated carbocycles. The predicted octanol–water partition coefficient (Wildman–Crippen LogP) is 5.45. The number of hydrogen-bond acceptors (Lipinski definition) is 3. The standard InChI is InChI=1S/C21H27ClN2O2S/c1-13-11-16(23-19(26)20(2,3)4)27-17(13)18(25)24-21(5,6)12-14-9-7-8-10-15(14)22/h7-11H,12H2,1-6H3,(H,23,26)(H,24,25). The van der Waals surface area contributed by atoms with Crippen LogP contribution >= 0.6 is 22.9 Å². The van der Waals surface area contributed by atoms with E-state index in [1.165, 1.54) is 11.3 Å². The molecule has 0 saturated heterocycles. The Morgan fingerprint density at radius 2 is 1.74 bits per heavy atom. The van der Waals surface area contributed by atoms with Crippen molar-refractivity contribution in [3.63, 3.8) is 0 Å². The van der Waals surface area contributed by atoms with Crippen molar-refractivity contribution in [3.8, 4) is 0 Å². The van der Waals surface area contributed by atoms with Crippen LogP contribution in [0.5, 0.6) is 0 Å². The molecular weight excluding hydrogens is 380 g/mol. The summed E-state index contributed by atoms with van der Waals surface area (Å²) in [5.74, 6) is -0.222. The van der Waals surface area contributed by atoms with E-state index in [1.54, 1.807) is 0 Å². The third kappa shape index (κ3) is 5.81. The van der Waals surface area contributed by atoms with E-state index in [9.17, 15) is 9.59 Å². The number of amides is 2. The van der Waals surface area contributed by atoms with Gasteiger partial charge in [0.25, 0.3) is 5.91 Å². The van der Waals surface area contributed by atoms with E-state index < -0.39 is 11.0 Å². The molecule has 2 N–H and O–H groups in total. The highest BCUT2D eigenvalue weighted by molar-refractivity contribution is 7.18. The fourth-order valence-corrected chi connectivity index (χ4v) is 3.76. The number of rotatable bonds is 5. The van der Waals surface area contributed by atoms with Crippen molar-refractivity contribution in [2.45, 2.75) is 53.5 Å². The van der Waals surface area contributed by atoms with E-state index in [-0.39, 0.29) is 11.8 Å². The maximum absolute atomic E-state index is 12.8. The Labute approximate surface area is 170 Å². The molecule has 2 rings (SSSR count). The SMILES string of the molecule is Cc1cc(NC(=O)C(C)(C)C)sc1C(=O)NC(C)(C)Cc1ccccc1Cl. The third-order valence-electron chi connectivity index (χ3n) is 4.08. The van der Waals surface area contributed by atoms with E-state index in [0.717, 1.165) is 11.1 Å². The van der Waals surface area contributed by atoms with Crippen LogP contribution in [0.1, 0.15) is 55.4 Å². The zero-order valence-electron chi connectivity index (χ0n) is 16.7. The van der Waals surface area contributed by atoms with Crippen LogP contribution in [0.2, 0.25) is 5.02 Å². The number of anilines is 1. The average Bonchev–Trinajstić information content (AvgIpc) is 2.88. The van der Waals surface area contributed by atoms with E-state index in [4.69, 9.17) is 11.6 Å². The minimum atomic E-state index is -0.489. The van der Waals surface area contributed by atoms with Gasteiger partial charge in [0.1, 0.15) is 0 Å². The molecular formula is C21H27ClN2O2S. The number of benzene rings is 1. The van der Waals surface area contributed by atoms with Gasteiger partial charge in [0, 0.05) is 16.0 Å². The second-order valence-corrected chi connectivity index (χ2v) is 9.89. The van der Waals surface area contributed by atoms with Crippen LogP contribution in [0.4, 0.5) is 5.00 Å². The van der Waals surface area contributed by atoms with E-state index >= 15 is 0 Å². The lowest BCUT2D eigenvalue weighted by Gasteiger charge is -2.26. The van der Waals surface area contributed by atoms with E-state index in [0.29, 0.717) is 21.3 Å². The normalized spacial score (nSPS) is 12.0. The predicted molar refractivity (Wildman–Crippen MR) is 114 cm³/mol. The fourth-order valence-electron chi connectivity index (χ4n) is 2.59. The number of aryl methyl sites for hydroxylation is 1. The summed E-state index contributed by atoms with van der Waals surface area (Å²) in [7, 11) is 0. The molecule has 146 valence electrons. The molecule has 27 heavy (non-hydrogen) atoms. The largest absolute Gasteiger partial charge is 0.346 e. The summed E-state index contributed by atoms with van der Waals surface area (Å²) in [5.41, 5.74) is 0.880. The van der Waals surface area contributed by atoms with Crippen LogP contribution < -0.4 is 10.6 Å². The van der Waals surface area contributed by atoms with Crippen molar-refractivity contribution in [1.82, 2.24) is 5.32 Å². The van der Waals surface area contributed by atoms with Crippen LogP contribution in [0.3, 0.4) is 0 Å². The van der Waals surface area contributed by atoms with Gasteiger partial charge in [-0.05, 0) is 50.5 Å². The molecule has 2 amide bonds. The minimum absolute atomic E-state index is 0.0743. The quantitative estimate of drug-likeness (QED) is 0.693. The lowest BCUT2D eigenvalue weighted by Crippen LogP contribution is -2.45. The molecule has 0 fully saturated rings. The van der Waals surface area contributed by atoms with Crippen LogP contribution in [-0.4, -0.2) is 17.4 Å². The number of carbonyl (C=O) groups excluding carboxylic acids is 2. The monoisotopic (exact) mass is 406 g/mol. The van der Waals surface area contributed by atoms with Crippen LogP contribution in [0.25, 0.3) is 0 Å². The lowest BCUT2D eigenvalue weighted by molar-refractivity contribution is -0.123. The summed E-state index contributed by atoms with van der Waals surface area (Å²) in [6, 6.07) is 9.48. The highest BCUT2D eigenvalue weighted by atomic mass is 35.5. The maximum atomic E-state index is 12.8. The first kappa shape index (κ1) is 21.5. The van der Waals surface area contributed by atoms with Crippen LogP contribution in [-0.2, 0) is 11.2 Å². The summed E-state index contributed by atoms with van der Waals surface area (Å²) in [5, 5.41) is 7.35. The van der Waals surface area contributed by atoms with Gasteiger partial charge in [-0.15, -0.1) is 11.3 Å². The van der Waals surface area contributed by atoms with E-state index in [2.05, 4.69) is 10.6 Å². The fraction of sp³-hybridized carbons (Fsp3) is 0.429. The van der Waals surface area contributed by atoms with Gasteiger partial charge in [-0.2, -0.15) is 0 Å². The Morgan fingerprint density at radius 3 is 2.33 bits per heavy atom. The molecule has 1 aromatic heterocycles. The number of thiophene rings is 1. The van der Waals surface area contributed by atoms with Crippen molar-refractivity contribution in [3.05, 3.63) is 51.4 Å². The molecule has 2 aromatic rings. The van der Waals surface area contributed by atoms with Gasteiger partial charge in [-0.3, -0.25) is 9.59 Å². The Hall–Kier alpha value is -1.85. The molecule has 0 radical (unpaired) electrons. The molecule has 6 heteroatoms. The molecule has 1 aromatic carbocycles. The first-order chi connectivity index (χ1) is 12.4. The average molecular weight is 407 g/mol.